The Morgan fingerprint density at radius 1 is 1.03 bits per heavy atom. The van der Waals surface area contributed by atoms with E-state index in [-0.39, 0.29) is 17.3 Å². The Balaban J connectivity index is 1.90. The highest BCUT2D eigenvalue weighted by Crippen LogP contribution is 2.32. The molecular formula is C23H19N3O5. The molecule has 1 aromatic heterocycles. The van der Waals surface area contributed by atoms with Gasteiger partial charge in [-0.25, -0.2) is 14.8 Å². The Morgan fingerprint density at radius 2 is 1.68 bits per heavy atom. The van der Waals surface area contributed by atoms with E-state index in [1.165, 1.54) is 25.8 Å². The lowest BCUT2D eigenvalue weighted by atomic mass is 10.1. The van der Waals surface area contributed by atoms with E-state index in [9.17, 15) is 10.1 Å². The molecule has 0 saturated heterocycles. The zero-order valence-electron chi connectivity index (χ0n) is 16.9. The van der Waals surface area contributed by atoms with Crippen molar-refractivity contribution in [3.05, 3.63) is 78.3 Å². The summed E-state index contributed by atoms with van der Waals surface area (Å²) < 4.78 is 21.8. The molecule has 0 radical (unpaired) electrons. The molecule has 156 valence electrons. The highest BCUT2D eigenvalue weighted by atomic mass is 16.5. The quantitative estimate of drug-likeness (QED) is 0.300. The van der Waals surface area contributed by atoms with Crippen molar-refractivity contribution in [1.82, 2.24) is 9.97 Å². The van der Waals surface area contributed by atoms with Crippen LogP contribution in [0, 0.1) is 11.3 Å². The Morgan fingerprint density at radius 3 is 2.35 bits per heavy atom. The number of nitrogens with zero attached hydrogens (tertiary/aromatic N) is 3. The lowest BCUT2D eigenvalue weighted by molar-refractivity contribution is -0.133. The van der Waals surface area contributed by atoms with Crippen LogP contribution in [-0.4, -0.2) is 29.7 Å². The van der Waals surface area contributed by atoms with E-state index in [0.29, 0.717) is 29.2 Å². The SMILES string of the molecule is CCOC=C(C(=O)OC)c1ccccc1Oc1cc(Oc2ccccc2C#N)ncn1. The average Bonchev–Trinajstić information content (AvgIpc) is 2.80. The van der Waals surface area contributed by atoms with Crippen LogP contribution in [0.3, 0.4) is 0 Å². The third-order valence-electron chi connectivity index (χ3n) is 4.00. The number of para-hydroxylation sites is 2. The van der Waals surface area contributed by atoms with Crippen molar-refractivity contribution in [3.63, 3.8) is 0 Å². The molecule has 0 fully saturated rings. The molecule has 0 amide bonds. The van der Waals surface area contributed by atoms with Gasteiger partial charge in [0.15, 0.2) is 0 Å². The smallest absolute Gasteiger partial charge is 0.341 e. The van der Waals surface area contributed by atoms with E-state index in [0.717, 1.165) is 0 Å². The largest absolute Gasteiger partial charge is 0.501 e. The first-order valence-electron chi connectivity index (χ1n) is 9.32. The number of rotatable bonds is 8. The molecule has 0 aliphatic rings. The van der Waals surface area contributed by atoms with Gasteiger partial charge >= 0.3 is 5.97 Å². The normalized spacial score (nSPS) is 10.7. The van der Waals surface area contributed by atoms with E-state index in [2.05, 4.69) is 16.0 Å². The fourth-order valence-corrected chi connectivity index (χ4v) is 2.58. The summed E-state index contributed by atoms with van der Waals surface area (Å²) in [6.45, 7) is 2.20. The van der Waals surface area contributed by atoms with Gasteiger partial charge in [-0.1, -0.05) is 30.3 Å². The summed E-state index contributed by atoms with van der Waals surface area (Å²) in [5.41, 5.74) is 1.05. The van der Waals surface area contributed by atoms with E-state index >= 15 is 0 Å². The van der Waals surface area contributed by atoms with Gasteiger partial charge in [-0.3, -0.25) is 0 Å². The standard InChI is InChI=1S/C23H19N3O5/c1-3-29-14-18(23(27)28-2)17-9-5-7-11-20(17)31-22-12-21(25-15-26-22)30-19-10-6-4-8-16(19)13-24/h4-12,14-15H,3H2,1-2H3. The first-order chi connectivity index (χ1) is 15.2. The van der Waals surface area contributed by atoms with Crippen LogP contribution in [0.15, 0.2) is 67.2 Å². The van der Waals surface area contributed by atoms with Crippen LogP contribution in [0.5, 0.6) is 23.3 Å². The Labute approximate surface area is 179 Å². The van der Waals surface area contributed by atoms with Crippen molar-refractivity contribution in [3.8, 4) is 29.3 Å². The number of hydrogen-bond donors (Lipinski definition) is 0. The van der Waals surface area contributed by atoms with Crippen molar-refractivity contribution in [1.29, 1.82) is 5.26 Å². The monoisotopic (exact) mass is 417 g/mol. The number of aromatic nitrogens is 2. The minimum absolute atomic E-state index is 0.188. The first-order valence-corrected chi connectivity index (χ1v) is 9.32. The molecule has 0 aliphatic heterocycles. The maximum Gasteiger partial charge on any atom is 0.341 e. The lowest BCUT2D eigenvalue weighted by Gasteiger charge is -2.13. The van der Waals surface area contributed by atoms with Gasteiger partial charge in [0, 0.05) is 5.56 Å². The molecule has 8 heteroatoms. The summed E-state index contributed by atoms with van der Waals surface area (Å²) in [4.78, 5) is 20.4. The summed E-state index contributed by atoms with van der Waals surface area (Å²) in [6.07, 6.45) is 2.61. The van der Waals surface area contributed by atoms with Crippen molar-refractivity contribution >= 4 is 11.5 Å². The molecule has 0 unspecified atom stereocenters. The molecule has 0 saturated carbocycles. The van der Waals surface area contributed by atoms with Crippen molar-refractivity contribution in [2.24, 2.45) is 0 Å². The molecule has 3 rings (SSSR count). The number of esters is 1. The molecule has 0 N–H and O–H groups in total. The van der Waals surface area contributed by atoms with Crippen LogP contribution in [0.4, 0.5) is 0 Å². The number of hydrogen-bond acceptors (Lipinski definition) is 8. The molecule has 0 atom stereocenters. The summed E-state index contributed by atoms with van der Waals surface area (Å²) in [5.74, 6) is 0.545. The number of carbonyl (C=O) groups is 1. The second-order valence-electron chi connectivity index (χ2n) is 5.98. The molecule has 1 heterocycles. The minimum atomic E-state index is -0.565. The number of nitriles is 1. The van der Waals surface area contributed by atoms with E-state index in [1.807, 2.05) is 0 Å². The third kappa shape index (κ3) is 5.36. The first kappa shape index (κ1) is 21.3. The van der Waals surface area contributed by atoms with Crippen molar-refractivity contribution in [2.75, 3.05) is 13.7 Å². The number of methoxy groups -OCH3 is 1. The van der Waals surface area contributed by atoms with E-state index < -0.39 is 5.97 Å². The van der Waals surface area contributed by atoms with Gasteiger partial charge in [0.2, 0.25) is 11.8 Å². The maximum atomic E-state index is 12.2. The molecule has 8 nitrogen and oxygen atoms in total. The van der Waals surface area contributed by atoms with Crippen molar-refractivity contribution < 1.29 is 23.7 Å². The second-order valence-corrected chi connectivity index (χ2v) is 5.98. The number of carbonyl (C=O) groups excluding carboxylic acids is 1. The molecule has 0 spiro atoms. The van der Waals surface area contributed by atoms with Gasteiger partial charge in [-0.15, -0.1) is 0 Å². The molecular weight excluding hydrogens is 398 g/mol. The third-order valence-corrected chi connectivity index (χ3v) is 4.00. The maximum absolute atomic E-state index is 12.2. The molecule has 0 bridgehead atoms. The number of ether oxygens (including phenoxy) is 4. The van der Waals surface area contributed by atoms with Crippen LogP contribution >= 0.6 is 0 Å². The second kappa shape index (κ2) is 10.4. The molecule has 0 aliphatic carbocycles. The average molecular weight is 417 g/mol. The van der Waals surface area contributed by atoms with Gasteiger partial charge in [0.25, 0.3) is 0 Å². The summed E-state index contributed by atoms with van der Waals surface area (Å²) >= 11 is 0. The summed E-state index contributed by atoms with van der Waals surface area (Å²) in [7, 11) is 1.29. The van der Waals surface area contributed by atoms with Gasteiger partial charge in [0.05, 0.1) is 31.6 Å². The zero-order chi connectivity index (χ0) is 22.1. The van der Waals surface area contributed by atoms with Crippen LogP contribution in [-0.2, 0) is 14.3 Å². The molecule has 31 heavy (non-hydrogen) atoms. The Kier molecular flexibility index (Phi) is 7.16. The van der Waals surface area contributed by atoms with Gasteiger partial charge in [0.1, 0.15) is 29.5 Å². The molecule has 2 aromatic carbocycles. The highest BCUT2D eigenvalue weighted by molar-refractivity contribution is 6.17. The predicted octanol–water partition coefficient (Wildman–Crippen LogP) is 4.48. The fourth-order valence-electron chi connectivity index (χ4n) is 2.58. The van der Waals surface area contributed by atoms with Crippen LogP contribution in [0.1, 0.15) is 18.1 Å². The predicted molar refractivity (Wildman–Crippen MR) is 111 cm³/mol. The van der Waals surface area contributed by atoms with Crippen LogP contribution in [0.25, 0.3) is 5.57 Å². The Hall–Kier alpha value is -4.38. The van der Waals surface area contributed by atoms with Gasteiger partial charge in [-0.05, 0) is 25.1 Å². The topological polar surface area (TPSA) is 104 Å². The minimum Gasteiger partial charge on any atom is -0.501 e. The highest BCUT2D eigenvalue weighted by Gasteiger charge is 2.18. The van der Waals surface area contributed by atoms with Crippen molar-refractivity contribution in [2.45, 2.75) is 6.92 Å². The summed E-state index contributed by atoms with van der Waals surface area (Å²) in [6, 6.07) is 17.3. The van der Waals surface area contributed by atoms with E-state index in [4.69, 9.17) is 18.9 Å². The van der Waals surface area contributed by atoms with Gasteiger partial charge < -0.3 is 18.9 Å². The zero-order valence-corrected chi connectivity index (χ0v) is 16.9. The Bertz CT molecular complexity index is 1140. The number of benzene rings is 2. The van der Waals surface area contributed by atoms with Crippen LogP contribution < -0.4 is 9.47 Å². The lowest BCUT2D eigenvalue weighted by Crippen LogP contribution is -2.06. The van der Waals surface area contributed by atoms with E-state index in [1.54, 1.807) is 55.5 Å². The fraction of sp³-hybridized carbons (Fsp3) is 0.130. The molecule has 3 aromatic rings. The summed E-state index contributed by atoms with van der Waals surface area (Å²) in [5, 5.41) is 9.21. The van der Waals surface area contributed by atoms with Gasteiger partial charge in [-0.2, -0.15) is 5.26 Å². The van der Waals surface area contributed by atoms with Crippen LogP contribution in [0.2, 0.25) is 0 Å².